The number of hydrogen-bond acceptors (Lipinski definition) is 5. The fourth-order valence-electron chi connectivity index (χ4n) is 3.63. The Kier molecular flexibility index (Phi) is 8.44. The van der Waals surface area contributed by atoms with Crippen LogP contribution in [0.25, 0.3) is 28.5 Å². The average Bonchev–Trinajstić information content (AvgIpc) is 2.83. The number of pyridine rings is 1. The lowest BCUT2D eigenvalue weighted by molar-refractivity contribution is -0.143. The Morgan fingerprint density at radius 2 is 1.74 bits per heavy atom. The largest absolute Gasteiger partial charge is 0.469 e. The van der Waals surface area contributed by atoms with E-state index in [-0.39, 0.29) is 24.6 Å². The molecule has 3 rings (SSSR count). The number of benzene rings is 2. The zero-order valence-electron chi connectivity index (χ0n) is 19.5. The first-order valence-corrected chi connectivity index (χ1v) is 11.1. The first kappa shape index (κ1) is 25.0. The molecule has 176 valence electrons. The van der Waals surface area contributed by atoms with Gasteiger partial charge in [0.25, 0.3) is 0 Å². The number of carbonyl (C=O) groups is 2. The van der Waals surface area contributed by atoms with Crippen molar-refractivity contribution in [2.75, 3.05) is 7.11 Å². The molecule has 34 heavy (non-hydrogen) atoms. The highest BCUT2D eigenvalue weighted by Crippen LogP contribution is 2.34. The van der Waals surface area contributed by atoms with Gasteiger partial charge in [0, 0.05) is 17.5 Å². The van der Waals surface area contributed by atoms with Crippen LogP contribution < -0.4 is 0 Å². The van der Waals surface area contributed by atoms with E-state index in [2.05, 4.69) is 4.74 Å². The number of halogens is 1. The summed E-state index contributed by atoms with van der Waals surface area (Å²) >= 11 is 0. The number of nitrogens with zero attached hydrogens (tertiary/aromatic N) is 1. The predicted octanol–water partition coefficient (Wildman–Crippen LogP) is 5.57. The van der Waals surface area contributed by atoms with Gasteiger partial charge in [-0.25, -0.2) is 4.39 Å². The molecule has 0 amide bonds. The monoisotopic (exact) mass is 461 g/mol. The van der Waals surface area contributed by atoms with Crippen molar-refractivity contribution in [2.45, 2.75) is 38.7 Å². The lowest BCUT2D eigenvalue weighted by Gasteiger charge is -2.17. The maximum atomic E-state index is 13.6. The summed E-state index contributed by atoms with van der Waals surface area (Å²) in [6, 6.07) is 17.9. The summed E-state index contributed by atoms with van der Waals surface area (Å²) in [5, 5.41) is 10.4. The molecule has 0 saturated carbocycles. The van der Waals surface area contributed by atoms with E-state index < -0.39 is 17.9 Å². The number of methoxy groups -OCH3 is 1. The zero-order valence-corrected chi connectivity index (χ0v) is 19.5. The quantitative estimate of drug-likeness (QED) is 0.333. The van der Waals surface area contributed by atoms with Crippen LogP contribution in [0.2, 0.25) is 0 Å². The third kappa shape index (κ3) is 6.45. The Labute approximate surface area is 198 Å². The second-order valence-corrected chi connectivity index (χ2v) is 8.30. The van der Waals surface area contributed by atoms with E-state index in [4.69, 9.17) is 4.98 Å². The van der Waals surface area contributed by atoms with E-state index in [0.29, 0.717) is 0 Å². The number of carbonyl (C=O) groups excluding carboxylic acids is 2. The lowest BCUT2D eigenvalue weighted by Crippen LogP contribution is -2.15. The normalized spacial score (nSPS) is 12.2. The molecule has 1 unspecified atom stereocenters. The molecule has 0 aliphatic carbocycles. The molecule has 1 aromatic heterocycles. The summed E-state index contributed by atoms with van der Waals surface area (Å²) < 4.78 is 18.1. The molecule has 3 aromatic rings. The van der Waals surface area contributed by atoms with Gasteiger partial charge in [-0.2, -0.15) is 0 Å². The molecule has 2 aromatic carbocycles. The maximum absolute atomic E-state index is 13.6. The van der Waals surface area contributed by atoms with Gasteiger partial charge >= 0.3 is 5.97 Å². The standard InChI is InChI=1S/C28H28FNO4/c1-18(2)28-24(14-13-22(31)15-23(32)16-27(33)34-3)25(19-9-11-21(29)12-10-19)17-26(30-28)20-7-5-4-6-8-20/h4-14,17-18,22,31H,15-16H2,1-3H3/b14-13+. The van der Waals surface area contributed by atoms with E-state index in [1.165, 1.54) is 25.3 Å². The number of hydrogen-bond donors (Lipinski definition) is 1. The average molecular weight is 462 g/mol. The minimum atomic E-state index is -1.08. The Morgan fingerprint density at radius 3 is 2.35 bits per heavy atom. The van der Waals surface area contributed by atoms with Gasteiger partial charge in [0.2, 0.25) is 0 Å². The highest BCUT2D eigenvalue weighted by molar-refractivity contribution is 5.95. The number of ether oxygens (including phenoxy) is 1. The van der Waals surface area contributed by atoms with Crippen molar-refractivity contribution in [1.82, 2.24) is 4.98 Å². The van der Waals surface area contributed by atoms with Crippen molar-refractivity contribution in [2.24, 2.45) is 0 Å². The van der Waals surface area contributed by atoms with E-state index in [0.717, 1.165) is 33.6 Å². The minimum Gasteiger partial charge on any atom is -0.469 e. The fraction of sp³-hybridized carbons (Fsp3) is 0.250. The smallest absolute Gasteiger partial charge is 0.313 e. The van der Waals surface area contributed by atoms with Crippen molar-refractivity contribution in [3.8, 4) is 22.4 Å². The van der Waals surface area contributed by atoms with Gasteiger partial charge < -0.3 is 9.84 Å². The van der Waals surface area contributed by atoms with Crippen LogP contribution in [0, 0.1) is 5.82 Å². The topological polar surface area (TPSA) is 76.5 Å². The molecule has 0 radical (unpaired) electrons. The summed E-state index contributed by atoms with van der Waals surface area (Å²) in [5.41, 5.74) is 4.97. The number of rotatable bonds is 9. The third-order valence-electron chi connectivity index (χ3n) is 5.35. The molecular weight excluding hydrogens is 433 g/mol. The molecule has 0 bridgehead atoms. The van der Waals surface area contributed by atoms with Gasteiger partial charge in [0.15, 0.2) is 0 Å². The summed E-state index contributed by atoms with van der Waals surface area (Å²) in [4.78, 5) is 28.2. The number of aliphatic hydroxyl groups excluding tert-OH is 1. The van der Waals surface area contributed by atoms with E-state index in [1.807, 2.05) is 50.2 Å². The van der Waals surface area contributed by atoms with Crippen molar-refractivity contribution in [3.63, 3.8) is 0 Å². The van der Waals surface area contributed by atoms with Gasteiger partial charge in [-0.05, 0) is 35.2 Å². The Bertz CT molecular complexity index is 1170. The number of ketones is 1. The first-order valence-electron chi connectivity index (χ1n) is 11.1. The first-order chi connectivity index (χ1) is 16.3. The Hall–Kier alpha value is -3.64. The van der Waals surface area contributed by atoms with Crippen molar-refractivity contribution < 1.29 is 23.8 Å². The van der Waals surface area contributed by atoms with E-state index in [1.54, 1.807) is 18.2 Å². The highest BCUT2D eigenvalue weighted by atomic mass is 19.1. The number of Topliss-reactive ketones (excluding diaryl/α,β-unsaturated/α-hetero) is 1. The molecule has 1 heterocycles. The number of aromatic nitrogens is 1. The second-order valence-electron chi connectivity index (χ2n) is 8.30. The lowest BCUT2D eigenvalue weighted by atomic mass is 9.92. The molecule has 1 atom stereocenters. The summed E-state index contributed by atoms with van der Waals surface area (Å²) in [6.07, 6.45) is 1.60. The third-order valence-corrected chi connectivity index (χ3v) is 5.35. The number of aliphatic hydroxyl groups is 1. The predicted molar refractivity (Wildman–Crippen MR) is 130 cm³/mol. The minimum absolute atomic E-state index is 0.0561. The molecule has 5 nitrogen and oxygen atoms in total. The number of esters is 1. The molecular formula is C28H28FNO4. The van der Waals surface area contributed by atoms with Crippen LogP contribution in [0.5, 0.6) is 0 Å². The Balaban J connectivity index is 2.05. The van der Waals surface area contributed by atoms with Gasteiger partial charge in [-0.15, -0.1) is 0 Å². The second kappa shape index (κ2) is 11.5. The van der Waals surface area contributed by atoms with Crippen molar-refractivity contribution in [3.05, 3.63) is 83.8 Å². The molecule has 6 heteroatoms. The van der Waals surface area contributed by atoms with Crippen LogP contribution >= 0.6 is 0 Å². The van der Waals surface area contributed by atoms with Crippen LogP contribution in [0.3, 0.4) is 0 Å². The van der Waals surface area contributed by atoms with Gasteiger partial charge in [0.1, 0.15) is 18.0 Å². The van der Waals surface area contributed by atoms with Crippen LogP contribution in [-0.4, -0.2) is 35.1 Å². The van der Waals surface area contributed by atoms with Gasteiger partial charge in [0.05, 0.1) is 24.6 Å². The van der Waals surface area contributed by atoms with E-state index >= 15 is 0 Å². The molecule has 0 spiro atoms. The maximum Gasteiger partial charge on any atom is 0.313 e. The van der Waals surface area contributed by atoms with Gasteiger partial charge in [-0.1, -0.05) is 68.5 Å². The van der Waals surface area contributed by atoms with Crippen molar-refractivity contribution in [1.29, 1.82) is 0 Å². The summed E-state index contributed by atoms with van der Waals surface area (Å²) in [7, 11) is 1.21. The summed E-state index contributed by atoms with van der Waals surface area (Å²) in [5.74, 6) is -1.32. The van der Waals surface area contributed by atoms with Crippen LogP contribution in [0.1, 0.15) is 43.9 Å². The molecule has 1 N–H and O–H groups in total. The van der Waals surface area contributed by atoms with E-state index in [9.17, 15) is 19.1 Å². The Morgan fingerprint density at radius 1 is 1.06 bits per heavy atom. The van der Waals surface area contributed by atoms with Gasteiger partial charge in [-0.3, -0.25) is 14.6 Å². The zero-order chi connectivity index (χ0) is 24.7. The molecule has 0 aliphatic rings. The fourth-order valence-corrected chi connectivity index (χ4v) is 3.63. The highest BCUT2D eigenvalue weighted by Gasteiger charge is 2.18. The van der Waals surface area contributed by atoms with Crippen LogP contribution in [0.4, 0.5) is 4.39 Å². The van der Waals surface area contributed by atoms with Crippen molar-refractivity contribution >= 4 is 17.8 Å². The van der Waals surface area contributed by atoms with Crippen LogP contribution in [-0.2, 0) is 14.3 Å². The molecule has 0 saturated heterocycles. The molecule has 0 aliphatic heterocycles. The summed E-state index contributed by atoms with van der Waals surface area (Å²) in [6.45, 7) is 4.05. The molecule has 0 fully saturated rings. The van der Waals surface area contributed by atoms with Crippen LogP contribution in [0.15, 0.2) is 66.7 Å². The SMILES string of the molecule is COC(=O)CC(=O)CC(O)/C=C/c1c(-c2ccc(F)cc2)cc(-c2ccccc2)nc1C(C)C.